The number of carbonyl (C=O) groups excluding carboxylic acids is 1. The van der Waals surface area contributed by atoms with Crippen LogP contribution in [-0.2, 0) is 9.53 Å². The molecule has 0 spiro atoms. The zero-order valence-corrected chi connectivity index (χ0v) is 15.0. The molecule has 2 aromatic heterocycles. The van der Waals surface area contributed by atoms with E-state index in [1.807, 2.05) is 0 Å². The van der Waals surface area contributed by atoms with Crippen LogP contribution in [0.15, 0.2) is 12.5 Å². The second-order valence-electron chi connectivity index (χ2n) is 6.07. The molecule has 28 heavy (non-hydrogen) atoms. The number of esters is 1. The molecular formula is C16H18N6O6. The third-order valence-corrected chi connectivity index (χ3v) is 4.41. The molecule has 2 aromatic rings. The number of nitrogens with zero attached hydrogens (tertiary/aromatic N) is 6. The van der Waals surface area contributed by atoms with E-state index in [0.29, 0.717) is 32.5 Å². The van der Waals surface area contributed by atoms with Crippen LogP contribution in [0.3, 0.4) is 0 Å². The van der Waals surface area contributed by atoms with Crippen LogP contribution in [0.5, 0.6) is 11.9 Å². The fourth-order valence-corrected chi connectivity index (χ4v) is 3.08. The average Bonchev–Trinajstić information content (AvgIpc) is 2.67. The lowest BCUT2D eigenvalue weighted by Gasteiger charge is -2.31. The highest BCUT2D eigenvalue weighted by molar-refractivity contribution is 5.79. The van der Waals surface area contributed by atoms with E-state index in [4.69, 9.17) is 4.74 Å². The van der Waals surface area contributed by atoms with E-state index < -0.39 is 22.5 Å². The number of aromatic nitrogens is 4. The molecule has 148 valence electrons. The minimum Gasteiger partial charge on any atom is -0.493 e. The van der Waals surface area contributed by atoms with E-state index >= 15 is 0 Å². The van der Waals surface area contributed by atoms with Crippen molar-refractivity contribution in [1.29, 1.82) is 0 Å². The standard InChI is InChI=1S/C16H18N6O6/c1-2-28-15(24)9-3-5-21(6-4-9)13-12(22(26)27)11(18-8-19-13)10-7-17-16(25)20-14(10)23/h7-9H,2-6H2,1H3,(H2,17,20,23,25). The lowest BCUT2D eigenvalue weighted by atomic mass is 9.97. The van der Waals surface area contributed by atoms with Gasteiger partial charge >= 0.3 is 17.7 Å². The molecule has 3 heterocycles. The lowest BCUT2D eigenvalue weighted by Crippen LogP contribution is -2.37. The van der Waals surface area contributed by atoms with Gasteiger partial charge in [0.2, 0.25) is 11.7 Å². The fourth-order valence-electron chi connectivity index (χ4n) is 3.08. The molecule has 0 saturated carbocycles. The molecule has 0 aliphatic carbocycles. The van der Waals surface area contributed by atoms with Crippen molar-refractivity contribution in [2.75, 3.05) is 24.6 Å². The summed E-state index contributed by atoms with van der Waals surface area (Å²) in [7, 11) is 0. The highest BCUT2D eigenvalue weighted by atomic mass is 16.6. The predicted octanol–water partition coefficient (Wildman–Crippen LogP) is 1.03. The summed E-state index contributed by atoms with van der Waals surface area (Å²) in [6, 6.07) is -0.667. The molecule has 1 saturated heterocycles. The van der Waals surface area contributed by atoms with E-state index in [1.54, 1.807) is 11.8 Å². The van der Waals surface area contributed by atoms with Crippen LogP contribution in [0.4, 0.5) is 11.5 Å². The highest BCUT2D eigenvalue weighted by Crippen LogP contribution is 2.39. The number of anilines is 1. The van der Waals surface area contributed by atoms with Gasteiger partial charge in [-0.05, 0) is 19.8 Å². The van der Waals surface area contributed by atoms with Crippen molar-refractivity contribution in [3.05, 3.63) is 22.6 Å². The van der Waals surface area contributed by atoms with Gasteiger partial charge in [-0.25, -0.2) is 15.0 Å². The number of aromatic hydroxyl groups is 2. The molecule has 0 radical (unpaired) electrons. The van der Waals surface area contributed by atoms with Gasteiger partial charge in [-0.2, -0.15) is 4.98 Å². The lowest BCUT2D eigenvalue weighted by molar-refractivity contribution is -0.383. The molecule has 0 aromatic carbocycles. The Kier molecular flexibility index (Phi) is 5.47. The second kappa shape index (κ2) is 7.98. The van der Waals surface area contributed by atoms with E-state index in [9.17, 15) is 25.1 Å². The maximum Gasteiger partial charge on any atom is 0.337 e. The van der Waals surface area contributed by atoms with E-state index in [0.717, 1.165) is 12.5 Å². The Balaban J connectivity index is 1.93. The summed E-state index contributed by atoms with van der Waals surface area (Å²) in [6.45, 7) is 2.79. The van der Waals surface area contributed by atoms with Crippen molar-refractivity contribution in [2.24, 2.45) is 5.92 Å². The smallest absolute Gasteiger partial charge is 0.337 e. The first kappa shape index (κ1) is 19.2. The Labute approximate surface area is 159 Å². The zero-order chi connectivity index (χ0) is 20.3. The van der Waals surface area contributed by atoms with Crippen LogP contribution in [0, 0.1) is 16.0 Å². The molecule has 1 aliphatic heterocycles. The minimum absolute atomic E-state index is 0.0739. The first-order chi connectivity index (χ1) is 13.4. The second-order valence-corrected chi connectivity index (χ2v) is 6.07. The molecular weight excluding hydrogens is 372 g/mol. The molecule has 3 rings (SSSR count). The Hall–Kier alpha value is -3.57. The third-order valence-electron chi connectivity index (χ3n) is 4.41. The van der Waals surface area contributed by atoms with E-state index in [-0.39, 0.29) is 29.0 Å². The van der Waals surface area contributed by atoms with Crippen LogP contribution in [0.2, 0.25) is 0 Å². The Morgan fingerprint density at radius 1 is 1.32 bits per heavy atom. The Morgan fingerprint density at radius 2 is 2.04 bits per heavy atom. The molecule has 12 heteroatoms. The monoisotopic (exact) mass is 390 g/mol. The molecule has 12 nitrogen and oxygen atoms in total. The van der Waals surface area contributed by atoms with E-state index in [2.05, 4.69) is 19.9 Å². The summed E-state index contributed by atoms with van der Waals surface area (Å²) in [5.74, 6) is -1.09. The zero-order valence-electron chi connectivity index (χ0n) is 15.0. The summed E-state index contributed by atoms with van der Waals surface area (Å²) in [5.41, 5.74) is -0.684. The average molecular weight is 390 g/mol. The Bertz CT molecular complexity index is 899. The molecule has 0 unspecified atom stereocenters. The maximum atomic E-state index is 11.9. The van der Waals surface area contributed by atoms with Crippen molar-refractivity contribution >= 4 is 17.5 Å². The number of piperidine rings is 1. The highest BCUT2D eigenvalue weighted by Gasteiger charge is 2.33. The van der Waals surface area contributed by atoms with E-state index in [1.165, 1.54) is 0 Å². The van der Waals surface area contributed by atoms with Crippen LogP contribution in [0.25, 0.3) is 11.3 Å². The number of ether oxygens (including phenoxy) is 1. The van der Waals surface area contributed by atoms with Gasteiger partial charge in [-0.1, -0.05) is 0 Å². The van der Waals surface area contributed by atoms with Gasteiger partial charge in [-0.15, -0.1) is 0 Å². The Morgan fingerprint density at radius 3 is 2.64 bits per heavy atom. The van der Waals surface area contributed by atoms with Gasteiger partial charge in [0.15, 0.2) is 5.69 Å². The number of rotatable bonds is 5. The normalized spacial score (nSPS) is 14.7. The summed E-state index contributed by atoms with van der Waals surface area (Å²) in [5, 5.41) is 30.9. The molecule has 0 amide bonds. The van der Waals surface area contributed by atoms with Gasteiger partial charge in [0.1, 0.15) is 6.33 Å². The number of nitro groups is 1. The van der Waals surface area contributed by atoms with Crippen LogP contribution < -0.4 is 4.90 Å². The van der Waals surface area contributed by atoms with Gasteiger partial charge in [-0.3, -0.25) is 14.9 Å². The van der Waals surface area contributed by atoms with Gasteiger partial charge in [0.25, 0.3) is 0 Å². The number of hydrogen-bond donors (Lipinski definition) is 2. The van der Waals surface area contributed by atoms with Crippen molar-refractivity contribution < 1.29 is 24.7 Å². The molecule has 0 bridgehead atoms. The largest absolute Gasteiger partial charge is 0.493 e. The minimum atomic E-state index is -0.667. The molecule has 2 N–H and O–H groups in total. The van der Waals surface area contributed by atoms with Gasteiger partial charge in [0.05, 0.1) is 23.0 Å². The number of carbonyl (C=O) groups is 1. The maximum absolute atomic E-state index is 11.9. The fraction of sp³-hybridized carbons (Fsp3) is 0.438. The third kappa shape index (κ3) is 3.75. The summed E-state index contributed by atoms with van der Waals surface area (Å²) < 4.78 is 5.03. The first-order valence-electron chi connectivity index (χ1n) is 8.58. The summed E-state index contributed by atoms with van der Waals surface area (Å²) in [4.78, 5) is 39.6. The first-order valence-corrected chi connectivity index (χ1v) is 8.58. The quantitative estimate of drug-likeness (QED) is 0.425. The number of hydrogen-bond acceptors (Lipinski definition) is 11. The van der Waals surface area contributed by atoms with Crippen LogP contribution in [-0.4, -0.2) is 60.7 Å². The van der Waals surface area contributed by atoms with Crippen molar-refractivity contribution in [3.8, 4) is 23.1 Å². The molecule has 0 atom stereocenters. The molecule has 1 aliphatic rings. The topological polar surface area (TPSA) is 165 Å². The van der Waals surface area contributed by atoms with Crippen LogP contribution >= 0.6 is 0 Å². The predicted molar refractivity (Wildman–Crippen MR) is 94.6 cm³/mol. The van der Waals surface area contributed by atoms with Gasteiger partial charge < -0.3 is 19.8 Å². The van der Waals surface area contributed by atoms with Crippen molar-refractivity contribution in [3.63, 3.8) is 0 Å². The van der Waals surface area contributed by atoms with Crippen LogP contribution in [0.1, 0.15) is 19.8 Å². The van der Waals surface area contributed by atoms with Gasteiger partial charge in [0, 0.05) is 19.3 Å². The van der Waals surface area contributed by atoms with Crippen molar-refractivity contribution in [1.82, 2.24) is 19.9 Å². The summed E-state index contributed by atoms with van der Waals surface area (Å²) >= 11 is 0. The van der Waals surface area contributed by atoms with Crippen molar-refractivity contribution in [2.45, 2.75) is 19.8 Å². The molecule has 1 fully saturated rings. The SMILES string of the molecule is CCOC(=O)C1CCN(c2ncnc(-c3cnc(O)nc3O)c2[N+](=O)[O-])CC1. The summed E-state index contributed by atoms with van der Waals surface area (Å²) in [6.07, 6.45) is 3.14.